The van der Waals surface area contributed by atoms with Gasteiger partial charge in [-0.3, -0.25) is 0 Å². The van der Waals surface area contributed by atoms with Gasteiger partial charge in [-0.25, -0.2) is 4.98 Å². The van der Waals surface area contributed by atoms with Crippen LogP contribution in [0.4, 0.5) is 5.82 Å². The fraction of sp³-hybridized carbons (Fsp3) is 0.455. The topological polar surface area (TPSA) is 54.2 Å². The number of aromatic nitrogens is 1. The van der Waals surface area contributed by atoms with E-state index < -0.39 is 0 Å². The maximum absolute atomic E-state index is 5.58. The number of hydrogen-bond acceptors (Lipinski definition) is 4. The molecule has 86 valence electrons. The van der Waals surface area contributed by atoms with E-state index in [4.69, 9.17) is 18.0 Å². The van der Waals surface area contributed by atoms with Crippen LogP contribution in [0.25, 0.3) is 0 Å². The molecule has 16 heavy (non-hydrogen) atoms. The van der Waals surface area contributed by atoms with Crippen molar-refractivity contribution in [1.82, 2.24) is 9.88 Å². The number of hydrogen-bond donors (Lipinski definition) is 2. The minimum Gasteiger partial charge on any atom is -0.389 e. The number of anilines is 1. The van der Waals surface area contributed by atoms with Gasteiger partial charge >= 0.3 is 0 Å². The molecule has 2 heterocycles. The fourth-order valence-corrected chi connectivity index (χ4v) is 2.05. The monoisotopic (exact) mass is 236 g/mol. The SMILES string of the molecule is CN1CCC(Nc2cc(C(N)=S)ccn2)C1. The fourth-order valence-electron chi connectivity index (χ4n) is 1.92. The number of nitrogens with two attached hydrogens (primary N) is 1. The zero-order valence-electron chi connectivity index (χ0n) is 9.31. The molecule has 2 rings (SSSR count). The van der Waals surface area contributed by atoms with Gasteiger partial charge in [-0.15, -0.1) is 0 Å². The van der Waals surface area contributed by atoms with Crippen LogP contribution in [0.1, 0.15) is 12.0 Å². The van der Waals surface area contributed by atoms with Crippen molar-refractivity contribution < 1.29 is 0 Å². The first-order valence-corrected chi connectivity index (χ1v) is 5.77. The second-order valence-corrected chi connectivity index (χ2v) is 4.63. The van der Waals surface area contributed by atoms with Gasteiger partial charge in [-0.2, -0.15) is 0 Å². The number of rotatable bonds is 3. The summed E-state index contributed by atoms with van der Waals surface area (Å²) in [4.78, 5) is 6.98. The molecular formula is C11H16N4S. The molecule has 1 aliphatic rings. The van der Waals surface area contributed by atoms with E-state index in [1.54, 1.807) is 6.20 Å². The molecule has 0 aliphatic carbocycles. The Morgan fingerprint density at radius 2 is 2.50 bits per heavy atom. The number of thiocarbonyl (C=S) groups is 1. The van der Waals surface area contributed by atoms with E-state index in [1.807, 2.05) is 12.1 Å². The standard InChI is InChI=1S/C11H16N4S/c1-15-5-3-9(7-15)14-10-6-8(11(12)16)2-4-13-10/h2,4,6,9H,3,5,7H2,1H3,(H2,12,16)(H,13,14). The first kappa shape index (κ1) is 11.3. The predicted molar refractivity (Wildman–Crippen MR) is 69.6 cm³/mol. The van der Waals surface area contributed by atoms with Gasteiger partial charge in [0.2, 0.25) is 0 Å². The summed E-state index contributed by atoms with van der Waals surface area (Å²) in [7, 11) is 2.13. The van der Waals surface area contributed by atoms with Gasteiger partial charge in [-0.1, -0.05) is 12.2 Å². The summed E-state index contributed by atoms with van der Waals surface area (Å²) >= 11 is 4.94. The minimum absolute atomic E-state index is 0.411. The molecule has 0 amide bonds. The molecule has 1 aromatic rings. The van der Waals surface area contributed by atoms with Gasteiger partial charge in [0.15, 0.2) is 0 Å². The second-order valence-electron chi connectivity index (χ2n) is 4.19. The third-order valence-corrected chi connectivity index (χ3v) is 3.02. The van der Waals surface area contributed by atoms with Crippen LogP contribution in [-0.4, -0.2) is 41.1 Å². The van der Waals surface area contributed by atoms with Crippen LogP contribution in [0.3, 0.4) is 0 Å². The molecule has 1 aromatic heterocycles. The summed E-state index contributed by atoms with van der Waals surface area (Å²) in [6.45, 7) is 2.19. The van der Waals surface area contributed by atoms with Crippen LogP contribution in [0.2, 0.25) is 0 Å². The summed E-state index contributed by atoms with van der Waals surface area (Å²) in [6, 6.07) is 4.20. The molecule has 1 fully saturated rings. The van der Waals surface area contributed by atoms with Gasteiger partial charge in [-0.05, 0) is 32.1 Å². The molecule has 5 heteroatoms. The predicted octanol–water partition coefficient (Wildman–Crippen LogP) is 0.832. The van der Waals surface area contributed by atoms with E-state index in [2.05, 4.69) is 22.2 Å². The van der Waals surface area contributed by atoms with E-state index in [-0.39, 0.29) is 0 Å². The van der Waals surface area contributed by atoms with E-state index in [0.29, 0.717) is 11.0 Å². The van der Waals surface area contributed by atoms with Crippen molar-refractivity contribution in [3.05, 3.63) is 23.9 Å². The Labute approximate surface area is 101 Å². The normalized spacial score (nSPS) is 20.9. The smallest absolute Gasteiger partial charge is 0.126 e. The Morgan fingerprint density at radius 1 is 1.69 bits per heavy atom. The highest BCUT2D eigenvalue weighted by molar-refractivity contribution is 7.80. The Bertz CT molecular complexity index is 393. The largest absolute Gasteiger partial charge is 0.389 e. The Morgan fingerprint density at radius 3 is 3.12 bits per heavy atom. The van der Waals surface area contributed by atoms with Crippen molar-refractivity contribution in [2.24, 2.45) is 5.73 Å². The summed E-state index contributed by atoms with van der Waals surface area (Å²) < 4.78 is 0. The molecule has 3 N–H and O–H groups in total. The highest BCUT2D eigenvalue weighted by Crippen LogP contribution is 2.13. The van der Waals surface area contributed by atoms with E-state index in [1.165, 1.54) is 0 Å². The molecule has 0 radical (unpaired) electrons. The first-order valence-electron chi connectivity index (χ1n) is 5.36. The number of likely N-dealkylation sites (tertiary alicyclic amines) is 1. The van der Waals surface area contributed by atoms with Crippen LogP contribution in [0.5, 0.6) is 0 Å². The van der Waals surface area contributed by atoms with Crippen molar-refractivity contribution in [3.63, 3.8) is 0 Å². The molecule has 1 atom stereocenters. The zero-order valence-corrected chi connectivity index (χ0v) is 10.1. The maximum Gasteiger partial charge on any atom is 0.126 e. The van der Waals surface area contributed by atoms with Crippen molar-refractivity contribution in [2.75, 3.05) is 25.5 Å². The maximum atomic E-state index is 5.58. The lowest BCUT2D eigenvalue weighted by molar-refractivity contribution is 0.414. The Hall–Kier alpha value is -1.20. The first-order chi connectivity index (χ1) is 7.65. The lowest BCUT2D eigenvalue weighted by Gasteiger charge is -2.13. The van der Waals surface area contributed by atoms with Crippen LogP contribution in [0.15, 0.2) is 18.3 Å². The zero-order chi connectivity index (χ0) is 11.5. The third-order valence-electron chi connectivity index (χ3n) is 2.79. The lowest BCUT2D eigenvalue weighted by Crippen LogP contribution is -2.24. The van der Waals surface area contributed by atoms with Gasteiger partial charge in [0.1, 0.15) is 10.8 Å². The summed E-state index contributed by atoms with van der Waals surface area (Å²) in [5.41, 5.74) is 6.44. The highest BCUT2D eigenvalue weighted by Gasteiger charge is 2.19. The number of nitrogens with one attached hydrogen (secondary N) is 1. The molecule has 1 saturated heterocycles. The molecule has 1 aliphatic heterocycles. The van der Waals surface area contributed by atoms with Crippen LogP contribution in [-0.2, 0) is 0 Å². The van der Waals surface area contributed by atoms with Crippen molar-refractivity contribution in [2.45, 2.75) is 12.5 Å². The van der Waals surface area contributed by atoms with Gasteiger partial charge in [0.05, 0.1) is 0 Å². The second kappa shape index (κ2) is 4.76. The Kier molecular flexibility index (Phi) is 3.36. The van der Waals surface area contributed by atoms with Gasteiger partial charge in [0, 0.05) is 24.3 Å². The molecule has 0 spiro atoms. The van der Waals surface area contributed by atoms with E-state index in [9.17, 15) is 0 Å². The average molecular weight is 236 g/mol. The summed E-state index contributed by atoms with van der Waals surface area (Å²) in [5.74, 6) is 0.852. The van der Waals surface area contributed by atoms with E-state index >= 15 is 0 Å². The van der Waals surface area contributed by atoms with Crippen molar-refractivity contribution in [1.29, 1.82) is 0 Å². The molecule has 0 aromatic carbocycles. The molecule has 0 bridgehead atoms. The third kappa shape index (κ3) is 2.68. The minimum atomic E-state index is 0.411. The summed E-state index contributed by atoms with van der Waals surface area (Å²) in [5, 5.41) is 3.40. The molecular weight excluding hydrogens is 220 g/mol. The van der Waals surface area contributed by atoms with Crippen LogP contribution < -0.4 is 11.1 Å². The lowest BCUT2D eigenvalue weighted by atomic mass is 10.2. The number of likely N-dealkylation sites (N-methyl/N-ethyl adjacent to an activating group) is 1. The van der Waals surface area contributed by atoms with Crippen LogP contribution in [0, 0.1) is 0 Å². The number of nitrogens with zero attached hydrogens (tertiary/aromatic N) is 2. The van der Waals surface area contributed by atoms with Crippen LogP contribution >= 0.6 is 12.2 Å². The number of pyridine rings is 1. The molecule has 0 saturated carbocycles. The van der Waals surface area contributed by atoms with Crippen molar-refractivity contribution >= 4 is 23.0 Å². The molecule has 1 unspecified atom stereocenters. The molecule has 4 nitrogen and oxygen atoms in total. The quantitative estimate of drug-likeness (QED) is 0.761. The van der Waals surface area contributed by atoms with E-state index in [0.717, 1.165) is 30.9 Å². The average Bonchev–Trinajstić information content (AvgIpc) is 2.64. The van der Waals surface area contributed by atoms with Gasteiger partial charge < -0.3 is 16.0 Å². The van der Waals surface area contributed by atoms with Gasteiger partial charge in [0.25, 0.3) is 0 Å². The Balaban J connectivity index is 2.04. The summed E-state index contributed by atoms with van der Waals surface area (Å²) in [6.07, 6.45) is 2.88. The highest BCUT2D eigenvalue weighted by atomic mass is 32.1. The van der Waals surface area contributed by atoms with Crippen molar-refractivity contribution in [3.8, 4) is 0 Å².